The molecule has 0 aliphatic heterocycles. The van der Waals surface area contributed by atoms with Gasteiger partial charge in [0.25, 0.3) is 0 Å². The Balaban J connectivity index is 1.04. The quantitative estimate of drug-likeness (QED) is 0.153. The maximum absolute atomic E-state index is 5.40. The third-order valence-electron chi connectivity index (χ3n) is 13.0. The van der Waals surface area contributed by atoms with Crippen molar-refractivity contribution in [3.63, 3.8) is 0 Å². The van der Waals surface area contributed by atoms with Crippen LogP contribution in [0.25, 0.3) is 123 Å². The Labute approximate surface area is 392 Å². The van der Waals surface area contributed by atoms with Crippen molar-refractivity contribution in [1.82, 2.24) is 29.1 Å². The van der Waals surface area contributed by atoms with Gasteiger partial charge in [0.1, 0.15) is 0 Å². The molecule has 0 spiro atoms. The van der Waals surface area contributed by atoms with Crippen LogP contribution in [-0.4, -0.2) is 29.1 Å². The van der Waals surface area contributed by atoms with E-state index in [4.69, 9.17) is 19.9 Å². The number of rotatable bonds is 8. The molecule has 6 heteroatoms. The number of para-hydroxylation sites is 2. The molecule has 0 atom stereocenters. The van der Waals surface area contributed by atoms with E-state index >= 15 is 0 Å². The van der Waals surface area contributed by atoms with Gasteiger partial charge in [-0.05, 0) is 64.7 Å². The van der Waals surface area contributed by atoms with Gasteiger partial charge in [0.2, 0.25) is 5.95 Å². The van der Waals surface area contributed by atoms with Crippen LogP contribution in [0, 0.1) is 0 Å². The van der Waals surface area contributed by atoms with Gasteiger partial charge in [-0.15, -0.1) is 0 Å². The van der Waals surface area contributed by atoms with Crippen LogP contribution in [0.5, 0.6) is 0 Å². The zero-order valence-corrected chi connectivity index (χ0v) is 36.8. The average Bonchev–Trinajstić information content (AvgIpc) is 3.95. The minimum atomic E-state index is 0.547. The van der Waals surface area contributed by atoms with Crippen LogP contribution in [0.2, 0.25) is 0 Å². The Morgan fingerprint density at radius 3 is 1.28 bits per heavy atom. The molecule has 0 unspecified atom stereocenters. The van der Waals surface area contributed by atoms with E-state index in [1.165, 1.54) is 5.39 Å². The van der Waals surface area contributed by atoms with Crippen molar-refractivity contribution < 1.29 is 0 Å². The summed E-state index contributed by atoms with van der Waals surface area (Å²) in [6.45, 7) is 0. The van der Waals surface area contributed by atoms with Gasteiger partial charge in [0, 0.05) is 49.5 Å². The van der Waals surface area contributed by atoms with Crippen LogP contribution in [-0.2, 0) is 0 Å². The molecule has 13 rings (SSSR count). The molecular weight excluding hydrogens is 829 g/mol. The summed E-state index contributed by atoms with van der Waals surface area (Å²) in [5.41, 5.74) is 15.5. The Kier molecular flexibility index (Phi) is 9.39. The lowest BCUT2D eigenvalue weighted by Crippen LogP contribution is -2.07. The Bertz CT molecular complexity index is 3930. The highest BCUT2D eigenvalue weighted by atomic mass is 15.2. The van der Waals surface area contributed by atoms with Gasteiger partial charge in [0.05, 0.1) is 33.5 Å². The minimum Gasteiger partial charge on any atom is -0.307 e. The van der Waals surface area contributed by atoms with Crippen LogP contribution in [0.4, 0.5) is 0 Å². The largest absolute Gasteiger partial charge is 0.307 e. The monoisotopic (exact) mass is 868 g/mol. The van der Waals surface area contributed by atoms with Gasteiger partial charge in [-0.3, -0.25) is 4.57 Å². The summed E-state index contributed by atoms with van der Waals surface area (Å²) in [6.07, 6.45) is 0. The van der Waals surface area contributed by atoms with Gasteiger partial charge < -0.3 is 4.57 Å². The molecule has 0 aliphatic carbocycles. The van der Waals surface area contributed by atoms with Crippen LogP contribution in [0.15, 0.2) is 243 Å². The highest BCUT2D eigenvalue weighted by molar-refractivity contribution is 6.23. The van der Waals surface area contributed by atoms with Gasteiger partial charge in [0.15, 0.2) is 11.6 Å². The van der Waals surface area contributed by atoms with Gasteiger partial charge in [-0.1, -0.05) is 200 Å². The lowest BCUT2D eigenvalue weighted by Gasteiger charge is -2.14. The molecule has 0 aliphatic rings. The third kappa shape index (κ3) is 6.74. The van der Waals surface area contributed by atoms with E-state index in [-0.39, 0.29) is 0 Å². The molecule has 0 saturated carbocycles. The summed E-state index contributed by atoms with van der Waals surface area (Å²) >= 11 is 0. The normalized spacial score (nSPS) is 11.5. The fourth-order valence-electron chi connectivity index (χ4n) is 9.77. The topological polar surface area (TPSA) is 61.4 Å². The zero-order valence-electron chi connectivity index (χ0n) is 36.8. The van der Waals surface area contributed by atoms with Gasteiger partial charge >= 0.3 is 0 Å². The number of nitrogens with zero attached hydrogens (tertiary/aromatic N) is 6. The minimum absolute atomic E-state index is 0.547. The van der Waals surface area contributed by atoms with Gasteiger partial charge in [-0.25, -0.2) is 9.97 Å². The molecule has 6 nitrogen and oxygen atoms in total. The molecule has 4 heterocycles. The number of hydrogen-bond donors (Lipinski definition) is 0. The lowest BCUT2D eigenvalue weighted by molar-refractivity contribution is 0.953. The number of pyridine rings is 1. The highest BCUT2D eigenvalue weighted by Crippen LogP contribution is 2.42. The Hall–Kier alpha value is -9.26. The van der Waals surface area contributed by atoms with Crippen LogP contribution < -0.4 is 0 Å². The summed E-state index contributed by atoms with van der Waals surface area (Å²) in [6, 6.07) is 85.1. The second kappa shape index (κ2) is 16.3. The van der Waals surface area contributed by atoms with Crippen molar-refractivity contribution >= 4 is 43.6 Å². The predicted molar refractivity (Wildman–Crippen MR) is 279 cm³/mol. The Morgan fingerprint density at radius 1 is 0.250 bits per heavy atom. The van der Waals surface area contributed by atoms with Crippen molar-refractivity contribution in [3.05, 3.63) is 243 Å². The molecule has 0 radical (unpaired) electrons. The number of hydrogen-bond acceptors (Lipinski definition) is 4. The zero-order chi connectivity index (χ0) is 45.0. The summed E-state index contributed by atoms with van der Waals surface area (Å²) in [5.74, 6) is 1.75. The molecule has 0 fully saturated rings. The fraction of sp³-hybridized carbons (Fsp3) is 0. The molecule has 68 heavy (non-hydrogen) atoms. The number of fused-ring (bicyclic) bond motifs is 7. The summed E-state index contributed by atoms with van der Waals surface area (Å²) in [7, 11) is 0. The predicted octanol–water partition coefficient (Wildman–Crippen LogP) is 15.5. The number of benzene rings is 9. The maximum Gasteiger partial charge on any atom is 0.238 e. The van der Waals surface area contributed by atoms with E-state index in [0.717, 1.165) is 99.8 Å². The van der Waals surface area contributed by atoms with Gasteiger partial charge in [-0.2, -0.15) is 9.97 Å². The van der Waals surface area contributed by atoms with E-state index in [1.54, 1.807) is 0 Å². The molecule has 0 bridgehead atoms. The first kappa shape index (κ1) is 39.1. The molecule has 318 valence electrons. The summed E-state index contributed by atoms with van der Waals surface area (Å²) in [5, 5.41) is 4.54. The molecule has 0 saturated heterocycles. The van der Waals surface area contributed by atoms with E-state index in [1.807, 2.05) is 36.4 Å². The molecule has 13 aromatic rings. The SMILES string of the molecule is c1ccc(-c2cccc(-c3nc(-c4ccccc4)nc(-n4c5ccccc5c5ccc6c7ccccc7n(-c7ccc(-c8cc(-c9ccccc9)nc(-c9ccccc9)c8)cc7)c6c54)n3)c2)cc1. The number of aromatic nitrogens is 6. The van der Waals surface area contributed by atoms with Crippen molar-refractivity contribution in [2.45, 2.75) is 0 Å². The van der Waals surface area contributed by atoms with Crippen LogP contribution in [0.3, 0.4) is 0 Å². The first-order valence-electron chi connectivity index (χ1n) is 22.9. The smallest absolute Gasteiger partial charge is 0.238 e. The molecular formula is C62H40N6. The summed E-state index contributed by atoms with van der Waals surface area (Å²) < 4.78 is 4.66. The second-order valence-corrected chi connectivity index (χ2v) is 17.1. The average molecular weight is 869 g/mol. The van der Waals surface area contributed by atoms with Crippen molar-refractivity contribution in [1.29, 1.82) is 0 Å². The molecule has 0 N–H and O–H groups in total. The van der Waals surface area contributed by atoms with Crippen molar-refractivity contribution in [3.8, 4) is 79.2 Å². The van der Waals surface area contributed by atoms with Crippen molar-refractivity contribution in [2.24, 2.45) is 0 Å². The van der Waals surface area contributed by atoms with Crippen LogP contribution in [0.1, 0.15) is 0 Å². The van der Waals surface area contributed by atoms with Crippen LogP contribution >= 0.6 is 0 Å². The molecule has 0 amide bonds. The van der Waals surface area contributed by atoms with E-state index < -0.39 is 0 Å². The fourth-order valence-corrected chi connectivity index (χ4v) is 9.77. The highest BCUT2D eigenvalue weighted by Gasteiger charge is 2.24. The first-order chi connectivity index (χ1) is 33.7. The van der Waals surface area contributed by atoms with Crippen molar-refractivity contribution in [2.75, 3.05) is 0 Å². The summed E-state index contributed by atoms with van der Waals surface area (Å²) in [4.78, 5) is 21.1. The molecule has 9 aromatic carbocycles. The maximum atomic E-state index is 5.40. The van der Waals surface area contributed by atoms with E-state index in [2.05, 4.69) is 215 Å². The standard InChI is InChI=1S/C62H40N6/c1-5-18-41(19-6-1)46-26-17-27-47(38-46)61-64-60(45-24-11-4-12-25-45)65-62(66-61)68-57-31-16-14-29-51(57)53-37-36-52-50-28-13-15-30-56(50)67(58(52)59(53)68)49-34-32-42(33-35-49)48-39-54(43-20-7-2-8-21-43)63-55(40-48)44-22-9-3-10-23-44/h1-40H. The lowest BCUT2D eigenvalue weighted by atomic mass is 10.00. The Morgan fingerprint density at radius 2 is 0.691 bits per heavy atom. The van der Waals surface area contributed by atoms with E-state index in [9.17, 15) is 0 Å². The molecule has 4 aromatic heterocycles. The second-order valence-electron chi connectivity index (χ2n) is 17.1. The van der Waals surface area contributed by atoms with E-state index in [0.29, 0.717) is 17.6 Å². The third-order valence-corrected chi connectivity index (χ3v) is 13.0. The first-order valence-corrected chi connectivity index (χ1v) is 22.9.